The number of rotatable bonds is 4. The van der Waals surface area contributed by atoms with Crippen LogP contribution in [0.5, 0.6) is 0 Å². The summed E-state index contributed by atoms with van der Waals surface area (Å²) in [4.78, 5) is 11.9. The zero-order valence-electron chi connectivity index (χ0n) is 10.00. The van der Waals surface area contributed by atoms with Gasteiger partial charge in [0.15, 0.2) is 0 Å². The molecule has 1 amide bonds. The van der Waals surface area contributed by atoms with Crippen molar-refractivity contribution in [2.75, 3.05) is 13.1 Å². The van der Waals surface area contributed by atoms with E-state index in [9.17, 15) is 4.79 Å². The molecule has 1 aliphatic heterocycles. The van der Waals surface area contributed by atoms with Gasteiger partial charge in [-0.3, -0.25) is 4.79 Å². The number of hydrogen-bond donors (Lipinski definition) is 2. The Labute approximate surface area is 104 Å². The summed E-state index contributed by atoms with van der Waals surface area (Å²) in [5.74, 6) is 1.36. The van der Waals surface area contributed by atoms with Gasteiger partial charge in [-0.05, 0) is 44.7 Å². The van der Waals surface area contributed by atoms with Crippen molar-refractivity contribution in [3.05, 3.63) is 0 Å². The van der Waals surface area contributed by atoms with Crippen molar-refractivity contribution in [2.24, 2.45) is 11.8 Å². The third kappa shape index (κ3) is 3.63. The number of amides is 1. The lowest BCUT2D eigenvalue weighted by Crippen LogP contribution is -2.39. The van der Waals surface area contributed by atoms with Crippen LogP contribution in [0.3, 0.4) is 0 Å². The molecule has 2 fully saturated rings. The van der Waals surface area contributed by atoms with Crippen LogP contribution in [0.25, 0.3) is 0 Å². The molecule has 0 aromatic rings. The molecule has 94 valence electrons. The molecule has 0 radical (unpaired) electrons. The van der Waals surface area contributed by atoms with Crippen LogP contribution >= 0.6 is 12.4 Å². The quantitative estimate of drug-likeness (QED) is 0.793. The van der Waals surface area contributed by atoms with E-state index in [1.165, 1.54) is 19.3 Å². The van der Waals surface area contributed by atoms with E-state index in [0.29, 0.717) is 11.9 Å². The van der Waals surface area contributed by atoms with Crippen molar-refractivity contribution in [1.82, 2.24) is 10.6 Å². The number of piperidine rings is 1. The molecule has 1 aliphatic carbocycles. The molecule has 2 rings (SSSR count). The summed E-state index contributed by atoms with van der Waals surface area (Å²) >= 11 is 0. The van der Waals surface area contributed by atoms with Crippen LogP contribution in [0.15, 0.2) is 0 Å². The van der Waals surface area contributed by atoms with Gasteiger partial charge in [0.1, 0.15) is 0 Å². The number of nitrogens with one attached hydrogen (secondary N) is 2. The molecule has 2 aliphatic rings. The summed E-state index contributed by atoms with van der Waals surface area (Å²) in [6, 6.07) is 0.507. The first-order valence-electron chi connectivity index (χ1n) is 6.32. The van der Waals surface area contributed by atoms with E-state index in [1.807, 2.05) is 0 Å². The second-order valence-corrected chi connectivity index (χ2v) is 4.92. The Morgan fingerprint density at radius 2 is 2.06 bits per heavy atom. The van der Waals surface area contributed by atoms with Crippen molar-refractivity contribution in [1.29, 1.82) is 0 Å². The van der Waals surface area contributed by atoms with E-state index >= 15 is 0 Å². The summed E-state index contributed by atoms with van der Waals surface area (Å²) in [6.45, 7) is 4.21. The van der Waals surface area contributed by atoms with E-state index < -0.39 is 0 Å². The van der Waals surface area contributed by atoms with Crippen LogP contribution in [0.1, 0.15) is 39.0 Å². The minimum atomic E-state index is 0. The van der Waals surface area contributed by atoms with Crippen LogP contribution in [0, 0.1) is 11.8 Å². The lowest BCUT2D eigenvalue weighted by Gasteiger charge is -2.21. The Bertz CT molecular complexity index is 229. The highest BCUT2D eigenvalue weighted by atomic mass is 35.5. The Kier molecular flexibility index (Phi) is 5.56. The van der Waals surface area contributed by atoms with Crippen LogP contribution in [-0.4, -0.2) is 25.0 Å². The Morgan fingerprint density at radius 1 is 1.38 bits per heavy atom. The summed E-state index contributed by atoms with van der Waals surface area (Å²) in [6.07, 6.45) is 5.75. The minimum Gasteiger partial charge on any atom is -0.353 e. The number of hydrogen-bond acceptors (Lipinski definition) is 2. The van der Waals surface area contributed by atoms with Gasteiger partial charge in [0.2, 0.25) is 5.91 Å². The Morgan fingerprint density at radius 3 is 2.69 bits per heavy atom. The fourth-order valence-corrected chi connectivity index (χ4v) is 2.50. The normalized spacial score (nSPS) is 29.3. The molecule has 4 heteroatoms. The largest absolute Gasteiger partial charge is 0.353 e. The van der Waals surface area contributed by atoms with Crippen LogP contribution in [0.2, 0.25) is 0 Å². The highest BCUT2D eigenvalue weighted by Gasteiger charge is 2.38. The van der Waals surface area contributed by atoms with Gasteiger partial charge in [0.25, 0.3) is 0 Å². The van der Waals surface area contributed by atoms with Crippen molar-refractivity contribution in [2.45, 2.75) is 45.1 Å². The summed E-state index contributed by atoms with van der Waals surface area (Å²) in [5.41, 5.74) is 0. The second-order valence-electron chi connectivity index (χ2n) is 4.92. The van der Waals surface area contributed by atoms with Gasteiger partial charge in [0, 0.05) is 12.0 Å². The predicted octanol–water partition coefficient (Wildman–Crippen LogP) is 1.71. The molecule has 1 heterocycles. The first-order chi connectivity index (χ1) is 7.31. The maximum Gasteiger partial charge on any atom is 0.223 e. The molecular weight excluding hydrogens is 224 g/mol. The van der Waals surface area contributed by atoms with Gasteiger partial charge in [-0.15, -0.1) is 12.4 Å². The first kappa shape index (κ1) is 13.8. The predicted molar refractivity (Wildman–Crippen MR) is 67.8 cm³/mol. The van der Waals surface area contributed by atoms with Crippen molar-refractivity contribution < 1.29 is 4.79 Å². The van der Waals surface area contributed by atoms with E-state index in [2.05, 4.69) is 17.6 Å². The first-order valence-corrected chi connectivity index (χ1v) is 6.32. The molecule has 0 bridgehead atoms. The number of carbonyl (C=O) groups is 1. The fourth-order valence-electron chi connectivity index (χ4n) is 2.50. The number of halogens is 1. The SMILES string of the molecule is CCCC1CC1NC(=O)C1CCNCC1.Cl. The van der Waals surface area contributed by atoms with Crippen molar-refractivity contribution >= 4 is 18.3 Å². The Hall–Kier alpha value is -0.280. The number of carbonyl (C=O) groups excluding carboxylic acids is 1. The maximum absolute atomic E-state index is 11.9. The average molecular weight is 247 g/mol. The highest BCUT2D eigenvalue weighted by molar-refractivity contribution is 5.85. The van der Waals surface area contributed by atoms with E-state index in [-0.39, 0.29) is 18.3 Å². The molecule has 0 aromatic heterocycles. The second kappa shape index (κ2) is 6.45. The van der Waals surface area contributed by atoms with Crippen LogP contribution in [0.4, 0.5) is 0 Å². The van der Waals surface area contributed by atoms with Crippen LogP contribution in [-0.2, 0) is 4.79 Å². The van der Waals surface area contributed by atoms with Gasteiger partial charge in [-0.1, -0.05) is 13.3 Å². The third-order valence-corrected chi connectivity index (χ3v) is 3.62. The standard InChI is InChI=1S/C12H22N2O.ClH/c1-2-3-10-8-11(10)14-12(15)9-4-6-13-7-5-9;/h9-11,13H,2-8H2,1H3,(H,14,15);1H. The zero-order valence-corrected chi connectivity index (χ0v) is 10.8. The van der Waals surface area contributed by atoms with Gasteiger partial charge in [-0.25, -0.2) is 0 Å². The molecule has 2 atom stereocenters. The molecule has 0 aromatic carbocycles. The molecule has 1 saturated carbocycles. The maximum atomic E-state index is 11.9. The molecule has 16 heavy (non-hydrogen) atoms. The van der Waals surface area contributed by atoms with Gasteiger partial charge in [-0.2, -0.15) is 0 Å². The molecule has 1 saturated heterocycles. The lowest BCUT2D eigenvalue weighted by atomic mass is 9.97. The fraction of sp³-hybridized carbons (Fsp3) is 0.917. The smallest absolute Gasteiger partial charge is 0.223 e. The van der Waals surface area contributed by atoms with Crippen LogP contribution < -0.4 is 10.6 Å². The topological polar surface area (TPSA) is 41.1 Å². The summed E-state index contributed by atoms with van der Waals surface area (Å²) < 4.78 is 0. The molecule has 2 unspecified atom stereocenters. The van der Waals surface area contributed by atoms with Gasteiger partial charge in [0.05, 0.1) is 0 Å². The van der Waals surface area contributed by atoms with E-state index in [0.717, 1.165) is 31.8 Å². The van der Waals surface area contributed by atoms with Crippen molar-refractivity contribution in [3.8, 4) is 0 Å². The van der Waals surface area contributed by atoms with E-state index in [4.69, 9.17) is 0 Å². The summed E-state index contributed by atoms with van der Waals surface area (Å²) in [5, 5.41) is 6.48. The molecule has 2 N–H and O–H groups in total. The Balaban J connectivity index is 0.00000128. The summed E-state index contributed by atoms with van der Waals surface area (Å²) in [7, 11) is 0. The zero-order chi connectivity index (χ0) is 10.7. The van der Waals surface area contributed by atoms with Gasteiger partial charge >= 0.3 is 0 Å². The molecule has 3 nitrogen and oxygen atoms in total. The highest BCUT2D eigenvalue weighted by Crippen LogP contribution is 2.34. The average Bonchev–Trinajstić information content (AvgIpc) is 2.98. The van der Waals surface area contributed by atoms with Gasteiger partial charge < -0.3 is 10.6 Å². The monoisotopic (exact) mass is 246 g/mol. The van der Waals surface area contributed by atoms with E-state index in [1.54, 1.807) is 0 Å². The molecule has 0 spiro atoms. The minimum absolute atomic E-state index is 0. The molecular formula is C12H23ClN2O. The van der Waals surface area contributed by atoms with Crippen molar-refractivity contribution in [3.63, 3.8) is 0 Å². The lowest BCUT2D eigenvalue weighted by molar-refractivity contribution is -0.125. The third-order valence-electron chi connectivity index (χ3n) is 3.62.